The molecule has 1 aliphatic rings. The second-order valence-electron chi connectivity index (χ2n) is 4.71. The summed E-state index contributed by atoms with van der Waals surface area (Å²) in [7, 11) is 0. The van der Waals surface area contributed by atoms with Crippen LogP contribution in [-0.4, -0.2) is 18.5 Å². The molecule has 110 valence electrons. The minimum atomic E-state index is -4.57. The van der Waals surface area contributed by atoms with Crippen molar-refractivity contribution in [3.63, 3.8) is 0 Å². The summed E-state index contributed by atoms with van der Waals surface area (Å²) in [6.07, 6.45) is -2.46. The largest absolute Gasteiger partial charge is 0.416 e. The van der Waals surface area contributed by atoms with E-state index in [4.69, 9.17) is 0 Å². The van der Waals surface area contributed by atoms with Crippen molar-refractivity contribution in [2.24, 2.45) is 0 Å². The normalized spacial score (nSPS) is 15.0. The molecule has 1 fully saturated rings. The molecule has 1 aliphatic carbocycles. The number of amides is 1. The molecule has 1 aromatic rings. The van der Waals surface area contributed by atoms with E-state index in [0.717, 1.165) is 25.0 Å². The van der Waals surface area contributed by atoms with E-state index in [0.29, 0.717) is 6.07 Å². The number of benzene rings is 1. The fraction of sp³-hybridized carbons (Fsp3) is 0.462. The molecule has 0 atom stereocenters. The van der Waals surface area contributed by atoms with Gasteiger partial charge in [-0.1, -0.05) is 0 Å². The molecule has 3 nitrogen and oxygen atoms in total. The lowest BCUT2D eigenvalue weighted by molar-refractivity contribution is -0.137. The van der Waals surface area contributed by atoms with Crippen LogP contribution in [0.3, 0.4) is 0 Å². The average Bonchev–Trinajstić information content (AvgIpc) is 3.13. The standard InChI is InChI=1S/C13H14F4N2O/c14-10-7-8(13(15,16)17)1-4-11(10)18-6-5-12(20)19-9-2-3-9/h1,4,7,9,18H,2-3,5-6H2,(H,19,20). The zero-order valence-corrected chi connectivity index (χ0v) is 10.6. The van der Waals surface area contributed by atoms with Gasteiger partial charge in [0.2, 0.25) is 5.91 Å². The number of hydrogen-bond acceptors (Lipinski definition) is 2. The molecule has 0 unspecified atom stereocenters. The molecule has 20 heavy (non-hydrogen) atoms. The smallest absolute Gasteiger partial charge is 0.382 e. The number of carbonyl (C=O) groups is 1. The Bertz CT molecular complexity index is 498. The Morgan fingerprint density at radius 3 is 2.55 bits per heavy atom. The van der Waals surface area contributed by atoms with Crippen molar-refractivity contribution >= 4 is 11.6 Å². The van der Waals surface area contributed by atoms with Gasteiger partial charge in [-0.25, -0.2) is 4.39 Å². The average molecular weight is 290 g/mol. The third-order valence-electron chi connectivity index (χ3n) is 2.91. The van der Waals surface area contributed by atoms with Crippen molar-refractivity contribution in [1.82, 2.24) is 5.32 Å². The molecule has 2 rings (SSSR count). The predicted octanol–water partition coefficient (Wildman–Crippen LogP) is 2.93. The Hall–Kier alpha value is -1.79. The first-order valence-electron chi connectivity index (χ1n) is 6.26. The number of halogens is 4. The van der Waals surface area contributed by atoms with Crippen molar-refractivity contribution in [3.05, 3.63) is 29.6 Å². The van der Waals surface area contributed by atoms with Gasteiger partial charge in [0, 0.05) is 19.0 Å². The Balaban J connectivity index is 1.84. The van der Waals surface area contributed by atoms with Gasteiger partial charge in [0.05, 0.1) is 11.3 Å². The second-order valence-corrected chi connectivity index (χ2v) is 4.71. The summed E-state index contributed by atoms with van der Waals surface area (Å²) in [5, 5.41) is 5.38. The maximum atomic E-state index is 13.5. The van der Waals surface area contributed by atoms with E-state index >= 15 is 0 Å². The lowest BCUT2D eigenvalue weighted by atomic mass is 10.2. The highest BCUT2D eigenvalue weighted by Crippen LogP contribution is 2.31. The van der Waals surface area contributed by atoms with Crippen molar-refractivity contribution < 1.29 is 22.4 Å². The first-order valence-corrected chi connectivity index (χ1v) is 6.26. The number of rotatable bonds is 5. The van der Waals surface area contributed by atoms with Gasteiger partial charge in [-0.15, -0.1) is 0 Å². The number of nitrogens with one attached hydrogen (secondary N) is 2. The van der Waals surface area contributed by atoms with Crippen molar-refractivity contribution in [3.8, 4) is 0 Å². The van der Waals surface area contributed by atoms with Gasteiger partial charge in [0.1, 0.15) is 5.82 Å². The maximum Gasteiger partial charge on any atom is 0.416 e. The van der Waals surface area contributed by atoms with E-state index in [2.05, 4.69) is 10.6 Å². The predicted molar refractivity (Wildman–Crippen MR) is 65.7 cm³/mol. The van der Waals surface area contributed by atoms with Crippen molar-refractivity contribution in [2.45, 2.75) is 31.5 Å². The van der Waals surface area contributed by atoms with Gasteiger partial charge in [0.15, 0.2) is 0 Å². The Morgan fingerprint density at radius 1 is 1.30 bits per heavy atom. The molecule has 0 saturated heterocycles. The van der Waals surface area contributed by atoms with Gasteiger partial charge in [-0.2, -0.15) is 13.2 Å². The number of alkyl halides is 3. The van der Waals surface area contributed by atoms with E-state index < -0.39 is 17.6 Å². The minimum absolute atomic E-state index is 0.0442. The number of anilines is 1. The van der Waals surface area contributed by atoms with Crippen LogP contribution in [0.15, 0.2) is 18.2 Å². The molecule has 0 spiro atoms. The molecule has 0 aliphatic heterocycles. The maximum absolute atomic E-state index is 13.5. The highest BCUT2D eigenvalue weighted by molar-refractivity contribution is 5.77. The van der Waals surface area contributed by atoms with Gasteiger partial charge in [-0.3, -0.25) is 4.79 Å². The molecule has 2 N–H and O–H groups in total. The summed E-state index contributed by atoms with van der Waals surface area (Å²) < 4.78 is 50.5. The first kappa shape index (κ1) is 14.6. The first-order chi connectivity index (χ1) is 9.36. The van der Waals surface area contributed by atoms with Crippen LogP contribution in [0.25, 0.3) is 0 Å². The van der Waals surface area contributed by atoms with Gasteiger partial charge in [0.25, 0.3) is 0 Å². The number of hydrogen-bond donors (Lipinski definition) is 2. The zero-order chi connectivity index (χ0) is 14.8. The summed E-state index contributed by atoms with van der Waals surface area (Å²) >= 11 is 0. The van der Waals surface area contributed by atoms with E-state index in [1.807, 2.05) is 0 Å². The third-order valence-corrected chi connectivity index (χ3v) is 2.91. The fourth-order valence-corrected chi connectivity index (χ4v) is 1.67. The monoisotopic (exact) mass is 290 g/mol. The van der Waals surface area contributed by atoms with Crippen LogP contribution in [0.4, 0.5) is 23.2 Å². The van der Waals surface area contributed by atoms with E-state index in [-0.39, 0.29) is 30.6 Å². The van der Waals surface area contributed by atoms with Crippen LogP contribution in [-0.2, 0) is 11.0 Å². The Labute approximate surface area is 113 Å². The molecule has 1 aromatic carbocycles. The second kappa shape index (κ2) is 5.68. The summed E-state index contributed by atoms with van der Waals surface area (Å²) in [5.74, 6) is -1.13. The molecule has 0 bridgehead atoms. The fourth-order valence-electron chi connectivity index (χ4n) is 1.67. The lowest BCUT2D eigenvalue weighted by Crippen LogP contribution is -2.27. The number of carbonyl (C=O) groups excluding carboxylic acids is 1. The van der Waals surface area contributed by atoms with Crippen molar-refractivity contribution in [2.75, 3.05) is 11.9 Å². The van der Waals surface area contributed by atoms with E-state index in [1.54, 1.807) is 0 Å². The molecular formula is C13H14F4N2O. The molecule has 0 aromatic heterocycles. The van der Waals surface area contributed by atoms with Crippen LogP contribution >= 0.6 is 0 Å². The zero-order valence-electron chi connectivity index (χ0n) is 10.6. The topological polar surface area (TPSA) is 41.1 Å². The summed E-state index contributed by atoms with van der Waals surface area (Å²) in [6, 6.07) is 2.52. The van der Waals surface area contributed by atoms with Gasteiger partial charge >= 0.3 is 6.18 Å². The van der Waals surface area contributed by atoms with E-state index in [1.165, 1.54) is 0 Å². The molecule has 0 heterocycles. The van der Waals surface area contributed by atoms with Crippen molar-refractivity contribution in [1.29, 1.82) is 0 Å². The van der Waals surface area contributed by atoms with Crippen LogP contribution in [0.5, 0.6) is 0 Å². The highest BCUT2D eigenvalue weighted by Gasteiger charge is 2.31. The molecular weight excluding hydrogens is 276 g/mol. The SMILES string of the molecule is O=C(CCNc1ccc(C(F)(F)F)cc1F)NC1CC1. The van der Waals surface area contributed by atoms with Gasteiger partial charge in [-0.05, 0) is 31.0 Å². The summed E-state index contributed by atoms with van der Waals surface area (Å²) in [4.78, 5) is 11.4. The molecule has 1 saturated carbocycles. The van der Waals surface area contributed by atoms with Crippen LogP contribution in [0.1, 0.15) is 24.8 Å². The lowest BCUT2D eigenvalue weighted by Gasteiger charge is -2.11. The Kier molecular flexibility index (Phi) is 4.15. The van der Waals surface area contributed by atoms with Crippen LogP contribution in [0, 0.1) is 5.82 Å². The highest BCUT2D eigenvalue weighted by atomic mass is 19.4. The minimum Gasteiger partial charge on any atom is -0.382 e. The summed E-state index contributed by atoms with van der Waals surface area (Å²) in [5.41, 5.74) is -1.08. The third kappa shape index (κ3) is 4.11. The van der Waals surface area contributed by atoms with E-state index in [9.17, 15) is 22.4 Å². The molecule has 0 radical (unpaired) electrons. The molecule has 7 heteroatoms. The quantitative estimate of drug-likeness (QED) is 0.819. The molecule has 1 amide bonds. The van der Waals surface area contributed by atoms with Crippen LogP contribution in [0.2, 0.25) is 0 Å². The van der Waals surface area contributed by atoms with Gasteiger partial charge < -0.3 is 10.6 Å². The summed E-state index contributed by atoms with van der Waals surface area (Å²) in [6.45, 7) is 0.167. The van der Waals surface area contributed by atoms with Crippen LogP contribution < -0.4 is 10.6 Å². The Morgan fingerprint density at radius 2 is 2.00 bits per heavy atom.